The van der Waals surface area contributed by atoms with Crippen LogP contribution in [-0.2, 0) is 18.0 Å². The van der Waals surface area contributed by atoms with Crippen LogP contribution in [-0.4, -0.2) is 52.0 Å². The summed E-state index contributed by atoms with van der Waals surface area (Å²) in [5, 5.41) is 25.8. The van der Waals surface area contributed by atoms with Gasteiger partial charge in [0.15, 0.2) is 0 Å². The van der Waals surface area contributed by atoms with Gasteiger partial charge < -0.3 is 10.0 Å². The largest absolute Gasteiger partial charge is 0.480 e. The van der Waals surface area contributed by atoms with E-state index in [4.69, 9.17) is 0 Å². The lowest BCUT2D eigenvalue weighted by Gasteiger charge is -2.35. The molecule has 0 spiro atoms. The quantitative estimate of drug-likeness (QED) is 0.369. The normalized spacial score (nSPS) is 18.3. The smallest absolute Gasteiger partial charge is 0.416 e. The maximum absolute atomic E-state index is 13.9. The Morgan fingerprint density at radius 1 is 1.12 bits per heavy atom. The third-order valence-corrected chi connectivity index (χ3v) is 7.69. The molecule has 4 rings (SSSR count). The molecule has 10 nitrogen and oxygen atoms in total. The van der Waals surface area contributed by atoms with Gasteiger partial charge in [0.2, 0.25) is 0 Å². The van der Waals surface area contributed by atoms with Crippen LogP contribution in [0.3, 0.4) is 0 Å². The first kappa shape index (κ1) is 31.2. The van der Waals surface area contributed by atoms with Crippen molar-refractivity contribution in [2.24, 2.45) is 17.6 Å². The number of hydrazone groups is 1. The zero-order valence-electron chi connectivity index (χ0n) is 24.1. The van der Waals surface area contributed by atoms with E-state index in [0.29, 0.717) is 30.6 Å². The third kappa shape index (κ3) is 5.83. The molecular formula is C30H31F3N6O4. The van der Waals surface area contributed by atoms with Crippen molar-refractivity contribution in [3.8, 4) is 11.8 Å². The fraction of sp³-hybridized carbons (Fsp3) is 0.367. The minimum Gasteiger partial charge on any atom is -0.480 e. The number of hydrogen-bond acceptors (Lipinski definition) is 7. The fourth-order valence-corrected chi connectivity index (χ4v) is 5.41. The van der Waals surface area contributed by atoms with Crippen LogP contribution in [0.5, 0.6) is 0 Å². The molecule has 0 aliphatic carbocycles. The highest BCUT2D eigenvalue weighted by atomic mass is 19.4. The lowest BCUT2D eigenvalue weighted by atomic mass is 9.74. The lowest BCUT2D eigenvalue weighted by Crippen LogP contribution is -2.48. The summed E-state index contributed by atoms with van der Waals surface area (Å²) < 4.78 is 42.5. The van der Waals surface area contributed by atoms with E-state index in [1.165, 1.54) is 43.4 Å². The summed E-state index contributed by atoms with van der Waals surface area (Å²) in [7, 11) is 4.98. The van der Waals surface area contributed by atoms with Crippen LogP contribution in [0, 0.1) is 23.7 Å². The summed E-state index contributed by atoms with van der Waals surface area (Å²) in [6.07, 6.45) is -2.20. The molecule has 1 aliphatic heterocycles. The predicted molar refractivity (Wildman–Crippen MR) is 154 cm³/mol. The zero-order valence-corrected chi connectivity index (χ0v) is 24.1. The van der Waals surface area contributed by atoms with Gasteiger partial charge in [-0.1, -0.05) is 12.5 Å². The molecule has 0 saturated heterocycles. The summed E-state index contributed by atoms with van der Waals surface area (Å²) in [6.45, 7) is 2.10. The third-order valence-electron chi connectivity index (χ3n) is 7.69. The van der Waals surface area contributed by atoms with Crippen LogP contribution >= 0.6 is 0 Å². The first-order chi connectivity index (χ1) is 20.2. The molecule has 0 radical (unpaired) electrons. The van der Waals surface area contributed by atoms with E-state index < -0.39 is 40.4 Å². The molecule has 2 atom stereocenters. The van der Waals surface area contributed by atoms with Gasteiger partial charge >= 0.3 is 17.8 Å². The first-order valence-electron chi connectivity index (χ1n) is 13.5. The number of benzene rings is 2. The number of unbranched alkanes of at least 4 members (excludes halogenated alkanes) is 1. The molecule has 1 N–H and O–H groups in total. The van der Waals surface area contributed by atoms with Gasteiger partial charge in [0.25, 0.3) is 5.56 Å². The van der Waals surface area contributed by atoms with Gasteiger partial charge in [-0.2, -0.15) is 23.5 Å². The number of aliphatic carboxylic acids is 1. The average Bonchev–Trinajstić information content (AvgIpc) is 3.34. The Morgan fingerprint density at radius 2 is 1.79 bits per heavy atom. The summed E-state index contributed by atoms with van der Waals surface area (Å²) in [5.41, 5.74) is -3.91. The molecule has 3 aromatic rings. The summed E-state index contributed by atoms with van der Waals surface area (Å²) >= 11 is 0. The maximum atomic E-state index is 13.9. The van der Waals surface area contributed by atoms with Crippen molar-refractivity contribution >= 4 is 17.9 Å². The number of carboxylic acid groups (broad SMARTS) is 1. The summed E-state index contributed by atoms with van der Waals surface area (Å²) in [6, 6.07) is 11.1. The number of hydrogen-bond donors (Lipinski definition) is 1. The molecule has 43 heavy (non-hydrogen) atoms. The molecule has 0 saturated carbocycles. The van der Waals surface area contributed by atoms with Crippen molar-refractivity contribution in [3.05, 3.63) is 91.8 Å². The molecule has 226 valence electrons. The number of carboxylic acids is 1. The highest BCUT2D eigenvalue weighted by Gasteiger charge is 2.54. The van der Waals surface area contributed by atoms with E-state index in [-0.39, 0.29) is 23.4 Å². The molecule has 0 fully saturated rings. The number of alkyl halides is 3. The monoisotopic (exact) mass is 596 g/mol. The minimum absolute atomic E-state index is 0.0134. The molecule has 13 heteroatoms. The second-order valence-electron chi connectivity index (χ2n) is 10.8. The van der Waals surface area contributed by atoms with Gasteiger partial charge in [-0.05, 0) is 82.9 Å². The molecule has 1 aliphatic rings. The van der Waals surface area contributed by atoms with Crippen LogP contribution in [0.2, 0.25) is 0 Å². The molecule has 2 heterocycles. The first-order valence-corrected chi connectivity index (χ1v) is 13.5. The minimum atomic E-state index is -4.69. The van der Waals surface area contributed by atoms with Gasteiger partial charge in [0, 0.05) is 19.0 Å². The Balaban J connectivity index is 1.99. The molecule has 0 bridgehead atoms. The van der Waals surface area contributed by atoms with E-state index in [9.17, 15) is 37.9 Å². The van der Waals surface area contributed by atoms with Gasteiger partial charge in [0.1, 0.15) is 11.5 Å². The average molecular weight is 597 g/mol. The van der Waals surface area contributed by atoms with Crippen LogP contribution in [0.25, 0.3) is 5.69 Å². The van der Waals surface area contributed by atoms with Crippen molar-refractivity contribution in [2.45, 2.75) is 38.4 Å². The maximum Gasteiger partial charge on any atom is 0.416 e. The number of nitrogens with zero attached hydrogens (tertiary/aromatic N) is 6. The zero-order chi connectivity index (χ0) is 31.7. The number of rotatable bonds is 9. The van der Waals surface area contributed by atoms with Crippen molar-refractivity contribution in [3.63, 3.8) is 0 Å². The van der Waals surface area contributed by atoms with Crippen LogP contribution in [0.1, 0.15) is 47.7 Å². The number of carbonyl (C=O) groups is 1. The highest BCUT2D eigenvalue weighted by Crippen LogP contribution is 2.48. The van der Waals surface area contributed by atoms with E-state index in [0.717, 1.165) is 27.3 Å². The van der Waals surface area contributed by atoms with Gasteiger partial charge in [-0.15, -0.1) is 0 Å². The number of nitriles is 1. The second-order valence-corrected chi connectivity index (χ2v) is 10.8. The van der Waals surface area contributed by atoms with Gasteiger partial charge in [0.05, 0.1) is 34.1 Å². The van der Waals surface area contributed by atoms with Gasteiger partial charge in [-0.3, -0.25) is 23.7 Å². The Kier molecular flexibility index (Phi) is 8.64. The number of anilines is 1. The standard InChI is InChI=1S/C30H31F3N6O4/c1-19-24(26(40)37(4)28(43)38(19)23-9-7-8-21(16-23)30(31,32)33)25-29(27(41)42,14-5-6-15-36(2)3)18-35-39(25)22-12-10-20(17-34)11-13-22/h7-13,16,18,25H,5-6,14-15H2,1-4H3,(H,41,42). The Labute approximate surface area is 245 Å². The number of halogens is 3. The molecule has 0 amide bonds. The van der Waals surface area contributed by atoms with Crippen LogP contribution < -0.4 is 16.3 Å². The predicted octanol–water partition coefficient (Wildman–Crippen LogP) is 4.09. The van der Waals surface area contributed by atoms with E-state index in [2.05, 4.69) is 5.10 Å². The van der Waals surface area contributed by atoms with Gasteiger partial charge in [-0.25, -0.2) is 4.79 Å². The van der Waals surface area contributed by atoms with E-state index in [1.54, 1.807) is 12.1 Å². The second kappa shape index (κ2) is 11.9. The van der Waals surface area contributed by atoms with Crippen LogP contribution in [0.15, 0.2) is 63.2 Å². The topological polar surface area (TPSA) is 124 Å². The fourth-order valence-electron chi connectivity index (χ4n) is 5.41. The van der Waals surface area contributed by atoms with Crippen molar-refractivity contribution in [2.75, 3.05) is 25.6 Å². The van der Waals surface area contributed by atoms with Crippen molar-refractivity contribution < 1.29 is 23.1 Å². The van der Waals surface area contributed by atoms with E-state index >= 15 is 0 Å². The Hall–Kier alpha value is -4.70. The van der Waals surface area contributed by atoms with Crippen LogP contribution in [0.4, 0.5) is 18.9 Å². The Bertz CT molecular complexity index is 1720. The lowest BCUT2D eigenvalue weighted by molar-refractivity contribution is -0.146. The van der Waals surface area contributed by atoms with E-state index in [1.807, 2.05) is 25.1 Å². The summed E-state index contributed by atoms with van der Waals surface area (Å²) in [4.78, 5) is 42.3. The van der Waals surface area contributed by atoms with Crippen molar-refractivity contribution in [1.29, 1.82) is 5.26 Å². The molecule has 2 unspecified atom stereocenters. The Morgan fingerprint density at radius 3 is 2.37 bits per heavy atom. The summed E-state index contributed by atoms with van der Waals surface area (Å²) in [5.74, 6) is -1.25. The molecule has 1 aromatic heterocycles. The molecule has 2 aromatic carbocycles. The number of aromatic nitrogens is 2. The SMILES string of the molecule is Cc1c(C2N(c3ccc(C#N)cc3)N=CC2(CCCCN(C)C)C(=O)O)c(=O)n(C)c(=O)n1-c1cccc(C(F)(F)F)c1. The highest BCUT2D eigenvalue weighted by molar-refractivity contribution is 5.98. The van der Waals surface area contributed by atoms with Crippen molar-refractivity contribution in [1.82, 2.24) is 14.0 Å². The molecular weight excluding hydrogens is 565 g/mol.